The molecule has 4 nitrogen and oxygen atoms in total. The Bertz CT molecular complexity index is 342. The van der Waals surface area contributed by atoms with Crippen LogP contribution in [0.5, 0.6) is 0 Å². The predicted octanol–water partition coefficient (Wildman–Crippen LogP) is 0.365. The second kappa shape index (κ2) is 2.94. The van der Waals surface area contributed by atoms with E-state index in [1.165, 1.54) is 6.07 Å². The molecule has 0 aromatic carbocycles. The Morgan fingerprint density at radius 3 is 3.09 bits per heavy atom. The minimum atomic E-state index is -0.256. The van der Waals surface area contributed by atoms with Crippen LogP contribution in [0.2, 0.25) is 0 Å². The van der Waals surface area contributed by atoms with Gasteiger partial charge in [-0.15, -0.1) is 5.73 Å². The van der Waals surface area contributed by atoms with Crippen molar-refractivity contribution in [2.75, 3.05) is 5.73 Å². The van der Waals surface area contributed by atoms with Gasteiger partial charge in [0, 0.05) is 0 Å². The summed E-state index contributed by atoms with van der Waals surface area (Å²) in [6.07, 6.45) is 1.57. The van der Waals surface area contributed by atoms with Crippen LogP contribution in [-0.4, -0.2) is 4.74 Å². The van der Waals surface area contributed by atoms with E-state index in [9.17, 15) is 4.79 Å². The molecule has 1 rings (SSSR count). The summed E-state index contributed by atoms with van der Waals surface area (Å²) in [7, 11) is 0. The molecule has 0 aliphatic rings. The first-order valence-corrected chi connectivity index (χ1v) is 3.05. The molecule has 1 aromatic rings. The summed E-state index contributed by atoms with van der Waals surface area (Å²) >= 11 is 0. The lowest BCUT2D eigenvalue weighted by Crippen LogP contribution is -2.11. The normalized spacial score (nSPS) is 9.09. The maximum atomic E-state index is 10.9. The van der Waals surface area contributed by atoms with E-state index in [0.717, 1.165) is 4.74 Å². The number of nitrogens with zero attached hydrogens (tertiary/aromatic N) is 1. The standard InChI is InChI=1S/C7H8N2O2/c1-2-3-4-9-7(10)5-6(8)11-9/h3,5H,1,4,8H2. The maximum Gasteiger partial charge on any atom is 0.285 e. The molecule has 0 atom stereocenters. The molecule has 0 aliphatic carbocycles. The molecule has 0 fully saturated rings. The van der Waals surface area contributed by atoms with Gasteiger partial charge in [0.1, 0.15) is 0 Å². The summed E-state index contributed by atoms with van der Waals surface area (Å²) in [4.78, 5) is 10.9. The van der Waals surface area contributed by atoms with Gasteiger partial charge in [0.15, 0.2) is 0 Å². The summed E-state index contributed by atoms with van der Waals surface area (Å²) in [5, 5.41) is 0. The van der Waals surface area contributed by atoms with Crippen molar-refractivity contribution in [2.45, 2.75) is 6.54 Å². The van der Waals surface area contributed by atoms with Gasteiger partial charge >= 0.3 is 0 Å². The number of hydrogen-bond donors (Lipinski definition) is 1. The first kappa shape index (κ1) is 7.44. The van der Waals surface area contributed by atoms with E-state index in [-0.39, 0.29) is 11.4 Å². The van der Waals surface area contributed by atoms with E-state index in [0.29, 0.717) is 6.54 Å². The van der Waals surface area contributed by atoms with Gasteiger partial charge in [-0.1, -0.05) is 6.58 Å². The predicted molar refractivity (Wildman–Crippen MR) is 41.1 cm³/mol. The van der Waals surface area contributed by atoms with Crippen molar-refractivity contribution in [3.63, 3.8) is 0 Å². The number of nitrogens with two attached hydrogens (primary N) is 1. The Hall–Kier alpha value is -1.67. The summed E-state index contributed by atoms with van der Waals surface area (Å²) in [6.45, 7) is 3.66. The van der Waals surface area contributed by atoms with Crippen LogP contribution < -0.4 is 11.3 Å². The summed E-state index contributed by atoms with van der Waals surface area (Å²) in [5.41, 5.74) is 7.48. The lowest BCUT2D eigenvalue weighted by Gasteiger charge is -1.89. The number of nitrogen functional groups attached to an aromatic ring is 1. The molecule has 2 N–H and O–H groups in total. The van der Waals surface area contributed by atoms with E-state index in [1.54, 1.807) is 6.08 Å². The molecular formula is C7H8N2O2. The molecule has 0 unspecified atom stereocenters. The summed E-state index contributed by atoms with van der Waals surface area (Å²) in [5.74, 6) is 0.118. The number of allylic oxidation sites excluding steroid dienone is 1. The Morgan fingerprint density at radius 1 is 1.91 bits per heavy atom. The molecule has 0 amide bonds. The SMILES string of the molecule is C=C=CCn1oc(N)cc1=O. The Labute approximate surface area is 63.2 Å². The highest BCUT2D eigenvalue weighted by molar-refractivity contribution is 5.19. The zero-order chi connectivity index (χ0) is 8.27. The van der Waals surface area contributed by atoms with Crippen molar-refractivity contribution in [1.29, 1.82) is 0 Å². The minimum Gasteiger partial charge on any atom is -0.368 e. The minimum absolute atomic E-state index is 0.118. The zero-order valence-electron chi connectivity index (χ0n) is 5.91. The molecule has 1 aromatic heterocycles. The number of hydrogen-bond acceptors (Lipinski definition) is 3. The van der Waals surface area contributed by atoms with Gasteiger partial charge < -0.3 is 10.3 Å². The van der Waals surface area contributed by atoms with E-state index >= 15 is 0 Å². The van der Waals surface area contributed by atoms with E-state index in [2.05, 4.69) is 12.3 Å². The first-order valence-electron chi connectivity index (χ1n) is 3.05. The first-order chi connectivity index (χ1) is 5.24. The topological polar surface area (TPSA) is 61.2 Å². The molecule has 1 heterocycles. The summed E-state index contributed by atoms with van der Waals surface area (Å²) in [6, 6.07) is 1.22. The van der Waals surface area contributed by atoms with Gasteiger partial charge in [0.2, 0.25) is 5.88 Å². The van der Waals surface area contributed by atoms with Crippen LogP contribution in [0, 0.1) is 0 Å². The highest BCUT2D eigenvalue weighted by Crippen LogP contribution is 1.95. The van der Waals surface area contributed by atoms with Gasteiger partial charge in [0.05, 0.1) is 12.6 Å². The van der Waals surface area contributed by atoms with E-state index in [1.807, 2.05) is 0 Å². The fourth-order valence-electron chi connectivity index (χ4n) is 0.667. The average molecular weight is 152 g/mol. The van der Waals surface area contributed by atoms with Crippen molar-refractivity contribution in [1.82, 2.24) is 4.74 Å². The molecular weight excluding hydrogens is 144 g/mol. The van der Waals surface area contributed by atoms with Gasteiger partial charge in [-0.2, -0.15) is 4.74 Å². The van der Waals surface area contributed by atoms with Crippen molar-refractivity contribution in [2.24, 2.45) is 0 Å². The van der Waals surface area contributed by atoms with Crippen LogP contribution >= 0.6 is 0 Å². The lowest BCUT2D eigenvalue weighted by molar-refractivity contribution is 0.292. The number of anilines is 1. The third-order valence-corrected chi connectivity index (χ3v) is 1.13. The van der Waals surface area contributed by atoms with Gasteiger partial charge in [0.25, 0.3) is 5.56 Å². The molecule has 0 saturated heterocycles. The van der Waals surface area contributed by atoms with Crippen LogP contribution in [0.1, 0.15) is 0 Å². The Morgan fingerprint density at radius 2 is 2.64 bits per heavy atom. The molecule has 0 aliphatic heterocycles. The van der Waals surface area contributed by atoms with Crippen LogP contribution in [0.15, 0.2) is 33.8 Å². The van der Waals surface area contributed by atoms with E-state index in [4.69, 9.17) is 10.3 Å². The molecule has 0 radical (unpaired) electrons. The Balaban J connectivity index is 2.94. The highest BCUT2D eigenvalue weighted by Gasteiger charge is 1.98. The Kier molecular flexibility index (Phi) is 1.99. The van der Waals surface area contributed by atoms with Gasteiger partial charge in [-0.25, -0.2) is 0 Å². The lowest BCUT2D eigenvalue weighted by atomic mass is 10.6. The second-order valence-electron chi connectivity index (χ2n) is 1.95. The zero-order valence-corrected chi connectivity index (χ0v) is 5.91. The second-order valence-corrected chi connectivity index (χ2v) is 1.95. The molecule has 58 valence electrons. The van der Waals surface area contributed by atoms with Crippen molar-refractivity contribution in [3.8, 4) is 0 Å². The van der Waals surface area contributed by atoms with Gasteiger partial charge in [-0.05, 0) is 6.08 Å². The maximum absolute atomic E-state index is 10.9. The van der Waals surface area contributed by atoms with Crippen molar-refractivity contribution >= 4 is 5.88 Å². The quantitative estimate of drug-likeness (QED) is 0.622. The molecule has 0 spiro atoms. The molecule has 4 heteroatoms. The van der Waals surface area contributed by atoms with Crippen LogP contribution in [0.3, 0.4) is 0 Å². The monoisotopic (exact) mass is 152 g/mol. The fourth-order valence-corrected chi connectivity index (χ4v) is 0.667. The highest BCUT2D eigenvalue weighted by atomic mass is 16.5. The van der Waals surface area contributed by atoms with Crippen LogP contribution in [-0.2, 0) is 6.54 Å². The third kappa shape index (κ3) is 1.63. The third-order valence-electron chi connectivity index (χ3n) is 1.13. The van der Waals surface area contributed by atoms with Crippen molar-refractivity contribution in [3.05, 3.63) is 34.8 Å². The number of rotatable bonds is 2. The van der Waals surface area contributed by atoms with Crippen LogP contribution in [0.4, 0.5) is 5.88 Å². The number of aromatic nitrogens is 1. The summed E-state index contributed by atoms with van der Waals surface area (Å²) < 4.78 is 5.92. The van der Waals surface area contributed by atoms with Crippen LogP contribution in [0.25, 0.3) is 0 Å². The van der Waals surface area contributed by atoms with Crippen molar-refractivity contribution < 1.29 is 4.52 Å². The smallest absolute Gasteiger partial charge is 0.285 e. The fraction of sp³-hybridized carbons (Fsp3) is 0.143. The molecule has 0 bridgehead atoms. The molecule has 0 saturated carbocycles. The van der Waals surface area contributed by atoms with E-state index < -0.39 is 0 Å². The largest absolute Gasteiger partial charge is 0.368 e. The average Bonchev–Trinajstić information content (AvgIpc) is 2.26. The van der Waals surface area contributed by atoms with Gasteiger partial charge in [-0.3, -0.25) is 4.79 Å². The molecule has 11 heavy (non-hydrogen) atoms.